The van der Waals surface area contributed by atoms with Crippen molar-refractivity contribution in [1.82, 2.24) is 13.9 Å². The van der Waals surface area contributed by atoms with Crippen molar-refractivity contribution in [1.29, 1.82) is 5.41 Å². The van der Waals surface area contributed by atoms with Crippen LogP contribution in [-0.2, 0) is 7.05 Å². The summed E-state index contributed by atoms with van der Waals surface area (Å²) >= 11 is 1.11. The number of hydrogen-bond donors (Lipinski definition) is 2. The van der Waals surface area contributed by atoms with Gasteiger partial charge in [-0.3, -0.25) is 19.9 Å². The summed E-state index contributed by atoms with van der Waals surface area (Å²) in [6.07, 6.45) is 3.55. The lowest BCUT2D eigenvalue weighted by Crippen LogP contribution is -2.23. The van der Waals surface area contributed by atoms with Gasteiger partial charge in [0.05, 0.1) is 21.9 Å². The van der Waals surface area contributed by atoms with Gasteiger partial charge in [0.15, 0.2) is 4.80 Å². The fraction of sp³-hybridized carbons (Fsp3) is 0.0870. The molecule has 4 aromatic rings. The zero-order valence-electron chi connectivity index (χ0n) is 16.9. The molecule has 31 heavy (non-hydrogen) atoms. The van der Waals surface area contributed by atoms with Gasteiger partial charge in [0.25, 0.3) is 5.56 Å². The van der Waals surface area contributed by atoms with Crippen LogP contribution in [-0.4, -0.2) is 25.3 Å². The minimum atomic E-state index is -0.301. The van der Waals surface area contributed by atoms with Crippen molar-refractivity contribution in [2.45, 2.75) is 6.92 Å². The Kier molecular flexibility index (Phi) is 4.37. The summed E-state index contributed by atoms with van der Waals surface area (Å²) in [6.45, 7) is 1.80. The van der Waals surface area contributed by atoms with E-state index in [1.54, 1.807) is 30.9 Å². The molecule has 0 bridgehead atoms. The molecule has 0 spiro atoms. The summed E-state index contributed by atoms with van der Waals surface area (Å²) in [5, 5.41) is 19.5. The molecule has 1 aliphatic rings. The molecule has 0 saturated heterocycles. The number of hydrogen-bond acceptors (Lipinski definition) is 5. The number of aliphatic imine (C=N–C) groups is 1. The average molecular weight is 430 g/mol. The molecule has 7 nitrogen and oxygen atoms in total. The van der Waals surface area contributed by atoms with E-state index < -0.39 is 0 Å². The van der Waals surface area contributed by atoms with Crippen LogP contribution in [0.2, 0.25) is 0 Å². The third kappa shape index (κ3) is 2.91. The fourth-order valence-corrected chi connectivity index (χ4v) is 4.66. The highest BCUT2D eigenvalue weighted by Crippen LogP contribution is 2.34. The molecule has 0 radical (unpaired) electrons. The van der Waals surface area contributed by atoms with Gasteiger partial charge in [0.2, 0.25) is 5.88 Å². The van der Waals surface area contributed by atoms with Crippen molar-refractivity contribution >= 4 is 34.9 Å². The Labute approximate surface area is 181 Å². The number of thiazole rings is 1. The molecule has 0 unspecified atom stereocenters. The fourth-order valence-electron chi connectivity index (χ4n) is 3.81. The molecule has 154 valence electrons. The van der Waals surface area contributed by atoms with Crippen molar-refractivity contribution in [2.75, 3.05) is 0 Å². The van der Waals surface area contributed by atoms with Crippen LogP contribution in [0, 0.1) is 12.3 Å². The molecular weight excluding hydrogens is 410 g/mol. The predicted molar refractivity (Wildman–Crippen MR) is 123 cm³/mol. The number of benzene rings is 2. The summed E-state index contributed by atoms with van der Waals surface area (Å²) in [5.74, 6) is -0.133. The molecule has 2 aromatic carbocycles. The first-order chi connectivity index (χ1) is 15.0. The number of nitrogens with one attached hydrogen (secondary N) is 1. The Morgan fingerprint density at radius 2 is 1.81 bits per heavy atom. The van der Waals surface area contributed by atoms with Gasteiger partial charge < -0.3 is 5.11 Å². The van der Waals surface area contributed by atoms with E-state index in [0.717, 1.165) is 28.2 Å². The standard InChI is InChI=1S/C23H19N5O2S/c1-14-20(22(30)28(26(14)2)16-8-4-3-5-9-16)27-21(29)19(31-23(27)24)12-15-13-25-18-11-7-6-10-17(15)18/h3-13,24,29H,1-2H3/b15-12+,24-23?. The van der Waals surface area contributed by atoms with E-state index in [2.05, 4.69) is 4.99 Å². The van der Waals surface area contributed by atoms with E-state index >= 15 is 0 Å². The molecule has 3 heterocycles. The highest BCUT2D eigenvalue weighted by atomic mass is 32.1. The van der Waals surface area contributed by atoms with Crippen LogP contribution in [0.3, 0.4) is 0 Å². The van der Waals surface area contributed by atoms with E-state index in [0.29, 0.717) is 16.3 Å². The zero-order valence-corrected chi connectivity index (χ0v) is 17.7. The molecule has 0 amide bonds. The van der Waals surface area contributed by atoms with Gasteiger partial charge in [-0.2, -0.15) is 0 Å². The van der Waals surface area contributed by atoms with Gasteiger partial charge in [-0.1, -0.05) is 47.7 Å². The smallest absolute Gasteiger partial charge is 0.296 e. The number of allylic oxidation sites excluding steroid dienone is 1. The van der Waals surface area contributed by atoms with Crippen LogP contribution in [0.25, 0.3) is 23.0 Å². The Morgan fingerprint density at radius 1 is 1.10 bits per heavy atom. The Morgan fingerprint density at radius 3 is 2.58 bits per heavy atom. The van der Waals surface area contributed by atoms with E-state index in [-0.39, 0.29) is 21.9 Å². The van der Waals surface area contributed by atoms with Crippen LogP contribution < -0.4 is 10.4 Å². The number of rotatable bonds is 3. The number of nitrogens with zero attached hydrogens (tertiary/aromatic N) is 4. The van der Waals surface area contributed by atoms with E-state index in [1.165, 1.54) is 9.25 Å². The van der Waals surface area contributed by atoms with E-state index in [4.69, 9.17) is 5.41 Å². The Balaban J connectivity index is 1.67. The molecule has 0 fully saturated rings. The molecule has 5 rings (SSSR count). The number of aromatic nitrogens is 3. The predicted octanol–water partition coefficient (Wildman–Crippen LogP) is 3.78. The molecule has 1 aliphatic heterocycles. The van der Waals surface area contributed by atoms with Gasteiger partial charge in [0.1, 0.15) is 5.69 Å². The van der Waals surface area contributed by atoms with Crippen LogP contribution in [0.15, 0.2) is 64.4 Å². The molecular formula is C23H19N5O2S. The van der Waals surface area contributed by atoms with E-state index in [9.17, 15) is 9.90 Å². The topological polar surface area (TPSA) is 88.3 Å². The second kappa shape index (κ2) is 7.10. The quantitative estimate of drug-likeness (QED) is 0.519. The normalized spacial score (nSPS) is 13.8. The second-order valence-corrected chi connectivity index (χ2v) is 8.25. The van der Waals surface area contributed by atoms with Gasteiger partial charge in [-0.05, 0) is 31.2 Å². The maximum absolute atomic E-state index is 13.3. The molecule has 0 aliphatic carbocycles. The van der Waals surface area contributed by atoms with Crippen molar-refractivity contribution in [2.24, 2.45) is 12.0 Å². The highest BCUT2D eigenvalue weighted by Gasteiger charge is 2.23. The van der Waals surface area contributed by atoms with Crippen LogP contribution in [0.1, 0.15) is 16.1 Å². The summed E-state index contributed by atoms with van der Waals surface area (Å²) in [5.41, 5.74) is 4.01. The lowest BCUT2D eigenvalue weighted by atomic mass is 10.1. The lowest BCUT2D eigenvalue weighted by Gasteiger charge is -2.07. The van der Waals surface area contributed by atoms with Gasteiger partial charge in [-0.15, -0.1) is 0 Å². The summed E-state index contributed by atoms with van der Waals surface area (Å²) in [4.78, 5) is 18.3. The van der Waals surface area contributed by atoms with Crippen LogP contribution in [0.4, 0.5) is 5.69 Å². The van der Waals surface area contributed by atoms with Crippen LogP contribution >= 0.6 is 11.3 Å². The SMILES string of the molecule is Cc1c(-n2c(O)c(/C=C3\C=Nc4ccccc43)sc2=N)c(=O)n(-c2ccccc2)n1C. The van der Waals surface area contributed by atoms with Crippen molar-refractivity contribution in [3.05, 3.63) is 85.9 Å². The zero-order chi connectivity index (χ0) is 21.7. The third-order valence-electron chi connectivity index (χ3n) is 5.43. The maximum Gasteiger partial charge on any atom is 0.296 e. The minimum Gasteiger partial charge on any atom is -0.493 e. The van der Waals surface area contributed by atoms with Gasteiger partial charge >= 0.3 is 0 Å². The first kappa shape index (κ1) is 19.1. The molecule has 2 aromatic heterocycles. The summed E-state index contributed by atoms with van der Waals surface area (Å²) < 4.78 is 4.58. The number of para-hydroxylation sites is 2. The Bertz CT molecular complexity index is 1500. The van der Waals surface area contributed by atoms with Crippen LogP contribution in [0.5, 0.6) is 5.88 Å². The van der Waals surface area contributed by atoms with Gasteiger partial charge in [-0.25, -0.2) is 9.25 Å². The molecule has 0 atom stereocenters. The molecule has 8 heteroatoms. The van der Waals surface area contributed by atoms with E-state index in [1.807, 2.05) is 54.6 Å². The second-order valence-electron chi connectivity index (χ2n) is 7.22. The monoisotopic (exact) mass is 429 g/mol. The summed E-state index contributed by atoms with van der Waals surface area (Å²) in [6, 6.07) is 17.1. The first-order valence-electron chi connectivity index (χ1n) is 9.66. The average Bonchev–Trinajstić information content (AvgIpc) is 3.37. The number of fused-ring (bicyclic) bond motifs is 1. The minimum absolute atomic E-state index is 0.0681. The Hall–Kier alpha value is -3.91. The van der Waals surface area contributed by atoms with Crippen molar-refractivity contribution < 1.29 is 5.11 Å². The lowest BCUT2D eigenvalue weighted by molar-refractivity contribution is 0.438. The van der Waals surface area contributed by atoms with Gasteiger partial charge in [0, 0.05) is 24.4 Å². The van der Waals surface area contributed by atoms with Crippen molar-refractivity contribution in [3.8, 4) is 17.3 Å². The third-order valence-corrected chi connectivity index (χ3v) is 6.33. The van der Waals surface area contributed by atoms with Crippen molar-refractivity contribution in [3.63, 3.8) is 0 Å². The largest absolute Gasteiger partial charge is 0.493 e. The number of aromatic hydroxyl groups is 1. The molecule has 2 N–H and O–H groups in total. The first-order valence-corrected chi connectivity index (χ1v) is 10.5. The molecule has 0 saturated carbocycles. The highest BCUT2D eigenvalue weighted by molar-refractivity contribution is 7.10. The maximum atomic E-state index is 13.3. The summed E-state index contributed by atoms with van der Waals surface area (Å²) in [7, 11) is 1.79.